The molecule has 0 aliphatic carbocycles. The van der Waals surface area contributed by atoms with E-state index in [1.54, 1.807) is 36.4 Å². The average molecular weight is 469 g/mol. The van der Waals surface area contributed by atoms with E-state index in [1.165, 1.54) is 22.4 Å². The fourth-order valence-electron chi connectivity index (χ4n) is 3.71. The van der Waals surface area contributed by atoms with E-state index in [9.17, 15) is 18.0 Å². The van der Waals surface area contributed by atoms with Crippen molar-refractivity contribution in [1.82, 2.24) is 9.21 Å². The van der Waals surface area contributed by atoms with E-state index in [-0.39, 0.29) is 42.5 Å². The van der Waals surface area contributed by atoms with Crippen LogP contribution in [0.25, 0.3) is 10.8 Å². The van der Waals surface area contributed by atoms with Gasteiger partial charge in [0.2, 0.25) is 10.0 Å². The summed E-state index contributed by atoms with van der Waals surface area (Å²) in [6.45, 7) is 0.383. The van der Waals surface area contributed by atoms with Crippen molar-refractivity contribution in [2.24, 2.45) is 0 Å². The van der Waals surface area contributed by atoms with Crippen LogP contribution >= 0.6 is 0 Å². The lowest BCUT2D eigenvalue weighted by molar-refractivity contribution is -0.135. The molecule has 4 rings (SSSR count). The van der Waals surface area contributed by atoms with Crippen LogP contribution in [0.15, 0.2) is 71.6 Å². The summed E-state index contributed by atoms with van der Waals surface area (Å²) in [5.41, 5.74) is 0.286. The molecule has 3 aromatic rings. The van der Waals surface area contributed by atoms with Gasteiger partial charge in [0.05, 0.1) is 17.6 Å². The van der Waals surface area contributed by atoms with Gasteiger partial charge in [0.15, 0.2) is 6.61 Å². The van der Waals surface area contributed by atoms with E-state index < -0.39 is 22.6 Å². The van der Waals surface area contributed by atoms with Crippen molar-refractivity contribution >= 4 is 32.7 Å². The number of hydrogen-bond donors (Lipinski definition) is 0. The number of amides is 1. The number of rotatable bonds is 6. The molecule has 33 heavy (non-hydrogen) atoms. The molecule has 0 bridgehead atoms. The van der Waals surface area contributed by atoms with Crippen molar-refractivity contribution in [3.8, 4) is 5.75 Å². The quantitative estimate of drug-likeness (QED) is 0.516. The molecule has 1 fully saturated rings. The van der Waals surface area contributed by atoms with Crippen molar-refractivity contribution in [1.29, 1.82) is 0 Å². The number of ether oxygens (including phenoxy) is 2. The first-order valence-electron chi connectivity index (χ1n) is 10.5. The largest absolute Gasteiger partial charge is 0.497 e. The smallest absolute Gasteiger partial charge is 0.338 e. The van der Waals surface area contributed by atoms with Crippen molar-refractivity contribution in [2.45, 2.75) is 4.90 Å². The molecular weight excluding hydrogens is 444 g/mol. The van der Waals surface area contributed by atoms with Crippen LogP contribution in [-0.2, 0) is 19.6 Å². The minimum atomic E-state index is -3.67. The lowest BCUT2D eigenvalue weighted by Gasteiger charge is -2.33. The second-order valence-corrected chi connectivity index (χ2v) is 9.54. The van der Waals surface area contributed by atoms with Crippen LogP contribution in [0.3, 0.4) is 0 Å². The highest BCUT2D eigenvalue weighted by molar-refractivity contribution is 7.89. The van der Waals surface area contributed by atoms with Gasteiger partial charge in [0.25, 0.3) is 5.91 Å². The molecule has 0 unspecified atom stereocenters. The van der Waals surface area contributed by atoms with E-state index in [4.69, 9.17) is 9.47 Å². The molecule has 172 valence electrons. The summed E-state index contributed by atoms with van der Waals surface area (Å²) in [6, 6.07) is 19.1. The normalized spacial score (nSPS) is 14.8. The number of hydrogen-bond acceptors (Lipinski definition) is 6. The van der Waals surface area contributed by atoms with Crippen LogP contribution in [0.2, 0.25) is 0 Å². The molecular formula is C24H24N2O6S. The molecule has 8 nitrogen and oxygen atoms in total. The number of fused-ring (bicyclic) bond motifs is 1. The Kier molecular flexibility index (Phi) is 6.62. The highest BCUT2D eigenvalue weighted by Crippen LogP contribution is 2.23. The van der Waals surface area contributed by atoms with Crippen LogP contribution in [0, 0.1) is 0 Å². The van der Waals surface area contributed by atoms with Gasteiger partial charge in [-0.1, -0.05) is 36.4 Å². The van der Waals surface area contributed by atoms with Crippen molar-refractivity contribution < 1.29 is 27.5 Å². The van der Waals surface area contributed by atoms with E-state index in [0.29, 0.717) is 5.75 Å². The summed E-state index contributed by atoms with van der Waals surface area (Å²) >= 11 is 0. The predicted octanol–water partition coefficient (Wildman–Crippen LogP) is 2.54. The van der Waals surface area contributed by atoms with Crippen molar-refractivity contribution in [2.75, 3.05) is 39.9 Å². The number of piperazine rings is 1. The SMILES string of the molecule is COc1cccc(C(=O)OCC(=O)N2CCN(S(=O)(=O)c3ccc4ccccc4c3)CC2)c1. The van der Waals surface area contributed by atoms with Gasteiger partial charge < -0.3 is 14.4 Å². The first-order valence-corrected chi connectivity index (χ1v) is 11.9. The second-order valence-electron chi connectivity index (χ2n) is 7.60. The van der Waals surface area contributed by atoms with Gasteiger partial charge in [-0.25, -0.2) is 13.2 Å². The predicted molar refractivity (Wildman–Crippen MR) is 123 cm³/mol. The maximum Gasteiger partial charge on any atom is 0.338 e. The zero-order chi connectivity index (χ0) is 23.4. The van der Waals surface area contributed by atoms with Gasteiger partial charge in [-0.3, -0.25) is 4.79 Å². The molecule has 9 heteroatoms. The van der Waals surface area contributed by atoms with Crippen LogP contribution in [-0.4, -0.2) is 69.4 Å². The Bertz CT molecular complexity index is 1280. The first-order chi connectivity index (χ1) is 15.9. The number of benzene rings is 3. The Morgan fingerprint density at radius 2 is 1.61 bits per heavy atom. The van der Waals surface area contributed by atoms with E-state index in [0.717, 1.165) is 10.8 Å². The fraction of sp³-hybridized carbons (Fsp3) is 0.250. The minimum absolute atomic E-state index is 0.171. The lowest BCUT2D eigenvalue weighted by Crippen LogP contribution is -2.51. The number of carbonyl (C=O) groups is 2. The summed E-state index contributed by atoms with van der Waals surface area (Å²) in [5, 5.41) is 1.82. The summed E-state index contributed by atoms with van der Waals surface area (Å²) in [5.74, 6) is -0.478. The third kappa shape index (κ3) is 4.99. The highest BCUT2D eigenvalue weighted by Gasteiger charge is 2.30. The molecule has 3 aromatic carbocycles. The van der Waals surface area contributed by atoms with E-state index in [1.807, 2.05) is 24.3 Å². The lowest BCUT2D eigenvalue weighted by atomic mass is 10.1. The van der Waals surface area contributed by atoms with Gasteiger partial charge in [-0.05, 0) is 41.1 Å². The Morgan fingerprint density at radius 1 is 0.879 bits per heavy atom. The van der Waals surface area contributed by atoms with Crippen LogP contribution in [0.4, 0.5) is 0 Å². The summed E-state index contributed by atoms with van der Waals surface area (Å²) in [4.78, 5) is 26.4. The first kappa shape index (κ1) is 22.8. The Hall–Kier alpha value is -3.43. The molecule has 0 aromatic heterocycles. The number of sulfonamides is 1. The molecule has 0 radical (unpaired) electrons. The van der Waals surface area contributed by atoms with Gasteiger partial charge in [0.1, 0.15) is 5.75 Å². The van der Waals surface area contributed by atoms with E-state index in [2.05, 4.69) is 0 Å². The average Bonchev–Trinajstić information content (AvgIpc) is 2.86. The topological polar surface area (TPSA) is 93.2 Å². The zero-order valence-corrected chi connectivity index (χ0v) is 19.0. The van der Waals surface area contributed by atoms with Crippen molar-refractivity contribution in [3.63, 3.8) is 0 Å². The Balaban J connectivity index is 1.33. The second kappa shape index (κ2) is 9.60. The van der Waals surface area contributed by atoms with Crippen LogP contribution < -0.4 is 4.74 Å². The van der Waals surface area contributed by atoms with Crippen LogP contribution in [0.5, 0.6) is 5.75 Å². The maximum absolute atomic E-state index is 13.1. The maximum atomic E-state index is 13.1. The fourth-order valence-corrected chi connectivity index (χ4v) is 5.16. The summed E-state index contributed by atoms with van der Waals surface area (Å²) in [6.07, 6.45) is 0. The Morgan fingerprint density at radius 3 is 2.33 bits per heavy atom. The van der Waals surface area contributed by atoms with Gasteiger partial charge in [-0.2, -0.15) is 4.31 Å². The number of methoxy groups -OCH3 is 1. The molecule has 1 saturated heterocycles. The zero-order valence-electron chi connectivity index (χ0n) is 18.1. The van der Waals surface area contributed by atoms with E-state index >= 15 is 0 Å². The molecule has 1 aliphatic rings. The number of esters is 1. The highest BCUT2D eigenvalue weighted by atomic mass is 32.2. The number of carbonyl (C=O) groups excluding carboxylic acids is 2. The monoisotopic (exact) mass is 468 g/mol. The number of nitrogens with zero attached hydrogens (tertiary/aromatic N) is 2. The molecule has 0 atom stereocenters. The van der Waals surface area contributed by atoms with Crippen molar-refractivity contribution in [3.05, 3.63) is 72.3 Å². The molecule has 0 N–H and O–H groups in total. The molecule has 1 amide bonds. The molecule has 0 spiro atoms. The standard InChI is InChI=1S/C24H24N2O6S/c1-31-21-8-4-7-20(15-21)24(28)32-17-23(27)25-11-13-26(14-12-25)33(29,30)22-10-9-18-5-2-3-6-19(18)16-22/h2-10,15-16H,11-14,17H2,1H3. The summed E-state index contributed by atoms with van der Waals surface area (Å²) in [7, 11) is -2.18. The van der Waals surface area contributed by atoms with Crippen LogP contribution in [0.1, 0.15) is 10.4 Å². The third-order valence-electron chi connectivity index (χ3n) is 5.58. The molecule has 0 saturated carbocycles. The third-order valence-corrected chi connectivity index (χ3v) is 7.48. The minimum Gasteiger partial charge on any atom is -0.497 e. The van der Waals surface area contributed by atoms with Gasteiger partial charge in [-0.15, -0.1) is 0 Å². The molecule has 1 aliphatic heterocycles. The van der Waals surface area contributed by atoms with Gasteiger partial charge in [0, 0.05) is 26.2 Å². The van der Waals surface area contributed by atoms with Gasteiger partial charge >= 0.3 is 5.97 Å². The Labute approximate surface area is 192 Å². The molecule has 1 heterocycles. The summed E-state index contributed by atoms with van der Waals surface area (Å²) < 4.78 is 37.7.